The van der Waals surface area contributed by atoms with Gasteiger partial charge in [-0.05, 0) is 51.0 Å². The lowest BCUT2D eigenvalue weighted by Gasteiger charge is -2.49. The first-order chi connectivity index (χ1) is 8.81. The molecule has 1 aromatic carbocycles. The summed E-state index contributed by atoms with van der Waals surface area (Å²) in [5, 5.41) is 20.2. The quantitative estimate of drug-likeness (QED) is 0.752. The molecule has 3 rings (SSSR count). The Morgan fingerprint density at radius 2 is 1.89 bits per heavy atom. The fraction of sp³-hybridized carbons (Fsp3) is 0.467. The van der Waals surface area contributed by atoms with E-state index in [9.17, 15) is 10.2 Å². The number of anilines is 1. The van der Waals surface area contributed by atoms with Gasteiger partial charge in [0.15, 0.2) is 6.29 Å². The molecule has 2 unspecified atom stereocenters. The lowest BCUT2D eigenvalue weighted by molar-refractivity contribution is -0.222. The number of aliphatic hydroxyl groups is 2. The van der Waals surface area contributed by atoms with Gasteiger partial charge in [0.1, 0.15) is 0 Å². The molecule has 0 amide bonds. The highest BCUT2D eigenvalue weighted by Gasteiger charge is 2.42. The molecule has 19 heavy (non-hydrogen) atoms. The summed E-state index contributed by atoms with van der Waals surface area (Å²) in [4.78, 5) is 1.82. The van der Waals surface area contributed by atoms with E-state index in [-0.39, 0.29) is 5.54 Å². The second-order valence-electron chi connectivity index (χ2n) is 5.92. The van der Waals surface area contributed by atoms with Gasteiger partial charge in [-0.2, -0.15) is 0 Å². The Bertz CT molecular complexity index is 577. The van der Waals surface area contributed by atoms with Gasteiger partial charge in [-0.15, -0.1) is 0 Å². The molecule has 0 saturated heterocycles. The summed E-state index contributed by atoms with van der Waals surface area (Å²) < 4.78 is 5.24. The molecule has 4 nitrogen and oxygen atoms in total. The molecule has 1 aromatic rings. The van der Waals surface area contributed by atoms with Crippen molar-refractivity contribution >= 4 is 11.3 Å². The van der Waals surface area contributed by atoms with Crippen molar-refractivity contribution in [3.63, 3.8) is 0 Å². The van der Waals surface area contributed by atoms with Crippen molar-refractivity contribution in [2.45, 2.75) is 45.9 Å². The van der Waals surface area contributed by atoms with Gasteiger partial charge >= 0.3 is 0 Å². The lowest BCUT2D eigenvalue weighted by atomic mass is 9.85. The summed E-state index contributed by atoms with van der Waals surface area (Å²) in [5.74, 6) is 0. The van der Waals surface area contributed by atoms with Crippen LogP contribution in [0.1, 0.15) is 43.8 Å². The van der Waals surface area contributed by atoms with Crippen LogP contribution in [0.4, 0.5) is 5.69 Å². The Morgan fingerprint density at radius 3 is 2.58 bits per heavy atom. The van der Waals surface area contributed by atoms with Crippen molar-refractivity contribution in [1.29, 1.82) is 0 Å². The molecule has 2 heterocycles. The van der Waals surface area contributed by atoms with E-state index < -0.39 is 12.7 Å². The van der Waals surface area contributed by atoms with E-state index in [2.05, 4.69) is 19.1 Å². The van der Waals surface area contributed by atoms with E-state index in [1.807, 2.05) is 31.7 Å². The highest BCUT2D eigenvalue weighted by atomic mass is 16.7. The normalized spacial score (nSPS) is 27.9. The van der Waals surface area contributed by atoms with Gasteiger partial charge in [-0.25, -0.2) is 0 Å². The van der Waals surface area contributed by atoms with Gasteiger partial charge in [0.2, 0.25) is 6.41 Å². The van der Waals surface area contributed by atoms with Gasteiger partial charge in [-0.3, -0.25) is 0 Å². The summed E-state index contributed by atoms with van der Waals surface area (Å²) >= 11 is 0. The molecule has 0 aliphatic carbocycles. The van der Waals surface area contributed by atoms with Crippen LogP contribution in [0.2, 0.25) is 0 Å². The third kappa shape index (κ3) is 1.71. The zero-order chi connectivity index (χ0) is 13.9. The number of allylic oxidation sites excluding steroid dienone is 1. The van der Waals surface area contributed by atoms with Crippen LogP contribution >= 0.6 is 0 Å². The van der Waals surface area contributed by atoms with E-state index in [0.717, 1.165) is 28.0 Å². The van der Waals surface area contributed by atoms with Gasteiger partial charge in [0.05, 0.1) is 11.2 Å². The predicted molar refractivity (Wildman–Crippen MR) is 73.4 cm³/mol. The molecule has 0 fully saturated rings. The smallest absolute Gasteiger partial charge is 0.241 e. The maximum Gasteiger partial charge on any atom is 0.241 e. The first kappa shape index (κ1) is 12.7. The third-order valence-corrected chi connectivity index (χ3v) is 3.88. The lowest BCUT2D eigenvalue weighted by Crippen LogP contribution is -2.55. The summed E-state index contributed by atoms with van der Waals surface area (Å²) in [7, 11) is 0. The van der Waals surface area contributed by atoms with Crippen LogP contribution in [0.25, 0.3) is 5.57 Å². The Balaban J connectivity index is 2.34. The third-order valence-electron chi connectivity index (χ3n) is 3.88. The molecule has 2 aliphatic rings. The highest BCUT2D eigenvalue weighted by Crippen LogP contribution is 2.47. The Morgan fingerprint density at radius 1 is 1.21 bits per heavy atom. The van der Waals surface area contributed by atoms with Gasteiger partial charge < -0.3 is 19.8 Å². The Kier molecular flexibility index (Phi) is 2.55. The summed E-state index contributed by atoms with van der Waals surface area (Å²) in [6.07, 6.45) is -0.104. The van der Waals surface area contributed by atoms with E-state index in [0.29, 0.717) is 0 Å². The summed E-state index contributed by atoms with van der Waals surface area (Å²) in [6, 6.07) is 3.99. The highest BCUT2D eigenvalue weighted by molar-refractivity contribution is 5.84. The zero-order valence-corrected chi connectivity index (χ0v) is 11.6. The van der Waals surface area contributed by atoms with E-state index >= 15 is 0 Å². The van der Waals surface area contributed by atoms with Crippen molar-refractivity contribution in [1.82, 2.24) is 0 Å². The zero-order valence-electron chi connectivity index (χ0n) is 11.6. The van der Waals surface area contributed by atoms with Gasteiger partial charge in [0.25, 0.3) is 0 Å². The average molecular weight is 261 g/mol. The monoisotopic (exact) mass is 261 g/mol. The van der Waals surface area contributed by atoms with Crippen molar-refractivity contribution in [3.05, 3.63) is 34.9 Å². The fourth-order valence-electron chi connectivity index (χ4n) is 3.17. The van der Waals surface area contributed by atoms with Crippen LogP contribution in [0.3, 0.4) is 0 Å². The van der Waals surface area contributed by atoms with Crippen LogP contribution in [-0.2, 0) is 4.74 Å². The number of rotatable bonds is 0. The van der Waals surface area contributed by atoms with Crippen LogP contribution in [0.15, 0.2) is 18.2 Å². The topological polar surface area (TPSA) is 52.9 Å². The number of hydrogen-bond acceptors (Lipinski definition) is 4. The number of nitrogens with zero attached hydrogens (tertiary/aromatic N) is 1. The molecule has 2 aliphatic heterocycles. The van der Waals surface area contributed by atoms with Crippen molar-refractivity contribution in [2.75, 3.05) is 4.90 Å². The second-order valence-corrected chi connectivity index (χ2v) is 5.92. The van der Waals surface area contributed by atoms with Gasteiger partial charge in [0, 0.05) is 11.1 Å². The predicted octanol–water partition coefficient (Wildman–Crippen LogP) is 2.29. The maximum atomic E-state index is 10.2. The Hall–Kier alpha value is -1.36. The van der Waals surface area contributed by atoms with Crippen LogP contribution in [0, 0.1) is 6.92 Å². The Labute approximate surface area is 112 Å². The van der Waals surface area contributed by atoms with E-state index in [1.165, 1.54) is 0 Å². The summed E-state index contributed by atoms with van der Waals surface area (Å²) in [5.41, 5.74) is 4.52. The molecule has 102 valence electrons. The molecular weight excluding hydrogens is 242 g/mol. The standard InChI is InChI=1S/C15H19NO3/c1-8-5-10-9(2)7-15(3,4)16-12(10)11(6-8)13(17)19-14(16)18/h5-7,13-14,17-18H,1-4H3. The van der Waals surface area contributed by atoms with Crippen molar-refractivity contribution in [3.8, 4) is 0 Å². The molecule has 0 saturated carbocycles. The molecule has 0 bridgehead atoms. The first-order valence-corrected chi connectivity index (χ1v) is 6.46. The first-order valence-electron chi connectivity index (χ1n) is 6.46. The number of ether oxygens (including phenoxy) is 1. The second kappa shape index (κ2) is 3.82. The molecule has 4 heteroatoms. The SMILES string of the molecule is CC1=CC(C)(C)N2c3c1cc(C)cc3C(O)OC2O. The minimum Gasteiger partial charge on any atom is -0.364 e. The van der Waals surface area contributed by atoms with Crippen molar-refractivity contribution in [2.24, 2.45) is 0 Å². The van der Waals surface area contributed by atoms with Crippen LogP contribution in [0.5, 0.6) is 0 Å². The summed E-state index contributed by atoms with van der Waals surface area (Å²) in [6.45, 7) is 8.09. The van der Waals surface area contributed by atoms with E-state index in [1.54, 1.807) is 0 Å². The van der Waals surface area contributed by atoms with Crippen LogP contribution in [-0.4, -0.2) is 22.2 Å². The molecule has 2 atom stereocenters. The number of benzene rings is 1. The molecular formula is C15H19NO3. The average Bonchev–Trinajstić information content (AvgIpc) is 2.27. The van der Waals surface area contributed by atoms with Crippen LogP contribution < -0.4 is 4.90 Å². The fourth-order valence-corrected chi connectivity index (χ4v) is 3.17. The number of aryl methyl sites for hydroxylation is 1. The molecule has 0 spiro atoms. The minimum absolute atomic E-state index is 0.360. The largest absolute Gasteiger partial charge is 0.364 e. The molecule has 0 aromatic heterocycles. The molecule has 0 radical (unpaired) electrons. The number of aliphatic hydroxyl groups excluding tert-OH is 2. The molecule has 2 N–H and O–H groups in total. The maximum absolute atomic E-state index is 10.2. The van der Waals surface area contributed by atoms with E-state index in [4.69, 9.17) is 4.74 Å². The minimum atomic E-state index is -1.14. The van der Waals surface area contributed by atoms with Gasteiger partial charge in [-0.1, -0.05) is 6.08 Å². The number of hydrogen-bond donors (Lipinski definition) is 2. The van der Waals surface area contributed by atoms with Crippen molar-refractivity contribution < 1.29 is 14.9 Å².